The zero-order valence-electron chi connectivity index (χ0n) is 13.1. The Hall–Kier alpha value is -1.56. The molecule has 2 amide bonds. The van der Waals surface area contributed by atoms with E-state index in [9.17, 15) is 9.90 Å². The zero-order valence-corrected chi connectivity index (χ0v) is 13.1. The summed E-state index contributed by atoms with van der Waals surface area (Å²) in [5.41, 5.74) is 0. The maximum Gasteiger partial charge on any atom is 0.322 e. The Morgan fingerprint density at radius 3 is 2.64 bits per heavy atom. The Morgan fingerprint density at radius 1 is 1.23 bits per heavy atom. The van der Waals surface area contributed by atoms with Crippen LogP contribution in [0.25, 0.3) is 0 Å². The summed E-state index contributed by atoms with van der Waals surface area (Å²) in [6.07, 6.45) is 9.61. The molecule has 1 aromatic heterocycles. The fourth-order valence-electron chi connectivity index (χ4n) is 3.54. The van der Waals surface area contributed by atoms with Gasteiger partial charge in [-0.25, -0.2) is 9.48 Å². The Bertz CT molecular complexity index is 488. The summed E-state index contributed by atoms with van der Waals surface area (Å²) in [4.78, 5) is 14.2. The van der Waals surface area contributed by atoms with E-state index in [1.54, 1.807) is 6.20 Å². The Kier molecular flexibility index (Phi) is 4.97. The summed E-state index contributed by atoms with van der Waals surface area (Å²) in [5.74, 6) is 1.15. The summed E-state index contributed by atoms with van der Waals surface area (Å²) >= 11 is 0. The summed E-state index contributed by atoms with van der Waals surface area (Å²) in [6, 6.07) is 2.25. The van der Waals surface area contributed by atoms with Crippen LogP contribution in [0, 0.1) is 5.92 Å². The van der Waals surface area contributed by atoms with Crippen LogP contribution < -0.4 is 5.32 Å². The molecule has 0 atom stereocenters. The molecule has 0 radical (unpaired) electrons. The van der Waals surface area contributed by atoms with Gasteiger partial charge in [-0.05, 0) is 31.6 Å². The number of aromatic nitrogens is 2. The molecule has 0 unspecified atom stereocenters. The highest BCUT2D eigenvalue weighted by molar-refractivity contribution is 5.88. The summed E-state index contributed by atoms with van der Waals surface area (Å²) in [7, 11) is 0. The van der Waals surface area contributed by atoms with Crippen LogP contribution in [-0.2, 0) is 0 Å². The number of amides is 2. The molecule has 2 N–H and O–H groups in total. The third-order valence-corrected chi connectivity index (χ3v) is 4.99. The summed E-state index contributed by atoms with van der Waals surface area (Å²) in [5, 5.41) is 16.6. The monoisotopic (exact) mass is 306 g/mol. The lowest BCUT2D eigenvalue weighted by Crippen LogP contribution is -2.42. The highest BCUT2D eigenvalue weighted by Crippen LogP contribution is 2.30. The van der Waals surface area contributed by atoms with Crippen LogP contribution in [0.1, 0.15) is 51.0 Å². The van der Waals surface area contributed by atoms with Crippen molar-refractivity contribution in [3.8, 4) is 0 Å². The van der Waals surface area contributed by atoms with Crippen LogP contribution in [0.15, 0.2) is 12.3 Å². The number of hydrogen-bond acceptors (Lipinski definition) is 3. The SMILES string of the molecule is O=C(Nc1ccnn1C1CCCCC1)N1CCC(CO)CC1. The van der Waals surface area contributed by atoms with E-state index in [-0.39, 0.29) is 12.6 Å². The standard InChI is InChI=1S/C16H26N4O2/c21-12-13-7-10-19(11-8-13)16(22)18-15-6-9-17-20(15)14-4-2-1-3-5-14/h6,9,13-14,21H,1-5,7-8,10-12H2,(H,18,22). The van der Waals surface area contributed by atoms with Crippen LogP contribution >= 0.6 is 0 Å². The topological polar surface area (TPSA) is 70.4 Å². The number of carbonyl (C=O) groups excluding carboxylic acids is 1. The van der Waals surface area contributed by atoms with E-state index in [2.05, 4.69) is 10.4 Å². The molecule has 22 heavy (non-hydrogen) atoms. The highest BCUT2D eigenvalue weighted by atomic mass is 16.3. The Balaban J connectivity index is 1.59. The van der Waals surface area contributed by atoms with E-state index in [0.29, 0.717) is 25.0 Å². The predicted octanol–water partition coefficient (Wildman–Crippen LogP) is 2.62. The molecule has 1 aliphatic carbocycles. The van der Waals surface area contributed by atoms with Crippen molar-refractivity contribution in [2.45, 2.75) is 51.0 Å². The van der Waals surface area contributed by atoms with Gasteiger partial charge in [0.25, 0.3) is 0 Å². The van der Waals surface area contributed by atoms with Crippen LogP contribution in [0.4, 0.5) is 10.6 Å². The van der Waals surface area contributed by atoms with Gasteiger partial charge in [-0.2, -0.15) is 5.10 Å². The van der Waals surface area contributed by atoms with Gasteiger partial charge in [-0.3, -0.25) is 5.32 Å². The number of carbonyl (C=O) groups is 1. The van der Waals surface area contributed by atoms with E-state index in [0.717, 1.165) is 31.5 Å². The number of nitrogens with one attached hydrogen (secondary N) is 1. The van der Waals surface area contributed by atoms with E-state index < -0.39 is 0 Å². The molecule has 122 valence electrons. The quantitative estimate of drug-likeness (QED) is 0.902. The fourth-order valence-corrected chi connectivity index (χ4v) is 3.54. The van der Waals surface area contributed by atoms with Crippen LogP contribution in [0.5, 0.6) is 0 Å². The zero-order chi connectivity index (χ0) is 15.4. The molecule has 6 heteroatoms. The molecule has 1 aromatic rings. The van der Waals surface area contributed by atoms with Crippen molar-refractivity contribution in [3.05, 3.63) is 12.3 Å². The van der Waals surface area contributed by atoms with Gasteiger partial charge in [0, 0.05) is 25.8 Å². The first-order chi connectivity index (χ1) is 10.8. The number of urea groups is 1. The minimum atomic E-state index is -0.0473. The van der Waals surface area contributed by atoms with Crippen molar-refractivity contribution in [2.75, 3.05) is 25.0 Å². The predicted molar refractivity (Wildman–Crippen MR) is 84.8 cm³/mol. The smallest absolute Gasteiger partial charge is 0.322 e. The first kappa shape index (κ1) is 15.3. The average Bonchev–Trinajstić information content (AvgIpc) is 3.04. The summed E-state index contributed by atoms with van der Waals surface area (Å²) in [6.45, 7) is 1.66. The van der Waals surface area contributed by atoms with Crippen molar-refractivity contribution in [1.82, 2.24) is 14.7 Å². The van der Waals surface area contributed by atoms with Gasteiger partial charge in [0.2, 0.25) is 0 Å². The van der Waals surface area contributed by atoms with Gasteiger partial charge >= 0.3 is 6.03 Å². The van der Waals surface area contributed by atoms with Gasteiger partial charge in [-0.15, -0.1) is 0 Å². The lowest BCUT2D eigenvalue weighted by molar-refractivity contribution is 0.143. The third-order valence-electron chi connectivity index (χ3n) is 4.99. The molecular formula is C16H26N4O2. The van der Waals surface area contributed by atoms with Crippen LogP contribution in [0.2, 0.25) is 0 Å². The van der Waals surface area contributed by atoms with Crippen molar-refractivity contribution in [1.29, 1.82) is 0 Å². The molecule has 0 spiro atoms. The number of nitrogens with zero attached hydrogens (tertiary/aromatic N) is 3. The number of aliphatic hydroxyl groups excluding tert-OH is 1. The van der Waals surface area contributed by atoms with E-state index in [4.69, 9.17) is 0 Å². The molecule has 2 fully saturated rings. The van der Waals surface area contributed by atoms with Crippen molar-refractivity contribution >= 4 is 11.8 Å². The lowest BCUT2D eigenvalue weighted by Gasteiger charge is -2.31. The number of likely N-dealkylation sites (tertiary alicyclic amines) is 1. The minimum Gasteiger partial charge on any atom is -0.396 e. The van der Waals surface area contributed by atoms with Gasteiger partial charge in [-0.1, -0.05) is 19.3 Å². The normalized spacial score (nSPS) is 21.0. The minimum absolute atomic E-state index is 0.0473. The molecule has 6 nitrogen and oxygen atoms in total. The third kappa shape index (κ3) is 3.43. The first-order valence-electron chi connectivity index (χ1n) is 8.48. The molecule has 1 saturated heterocycles. The van der Waals surface area contributed by atoms with Crippen LogP contribution in [-0.4, -0.2) is 45.5 Å². The van der Waals surface area contributed by atoms with Gasteiger partial charge in [0.15, 0.2) is 0 Å². The molecule has 0 aromatic carbocycles. The second-order valence-corrected chi connectivity index (χ2v) is 6.50. The molecule has 0 bridgehead atoms. The largest absolute Gasteiger partial charge is 0.396 e. The first-order valence-corrected chi connectivity index (χ1v) is 8.48. The molecule has 2 heterocycles. The van der Waals surface area contributed by atoms with E-state index >= 15 is 0 Å². The summed E-state index contributed by atoms with van der Waals surface area (Å²) < 4.78 is 1.98. The van der Waals surface area contributed by atoms with Crippen LogP contribution in [0.3, 0.4) is 0 Å². The fraction of sp³-hybridized carbons (Fsp3) is 0.750. The number of piperidine rings is 1. The Morgan fingerprint density at radius 2 is 1.95 bits per heavy atom. The van der Waals surface area contributed by atoms with Gasteiger partial charge in [0.05, 0.1) is 12.2 Å². The maximum atomic E-state index is 12.4. The lowest BCUT2D eigenvalue weighted by atomic mass is 9.96. The number of anilines is 1. The molecular weight excluding hydrogens is 280 g/mol. The van der Waals surface area contributed by atoms with Crippen molar-refractivity contribution in [2.24, 2.45) is 5.92 Å². The van der Waals surface area contributed by atoms with Gasteiger partial charge in [0.1, 0.15) is 5.82 Å². The average molecular weight is 306 g/mol. The van der Waals surface area contributed by atoms with E-state index in [1.807, 2.05) is 15.6 Å². The second kappa shape index (κ2) is 7.13. The molecule has 1 saturated carbocycles. The van der Waals surface area contributed by atoms with Crippen molar-refractivity contribution < 1.29 is 9.90 Å². The highest BCUT2D eigenvalue weighted by Gasteiger charge is 2.24. The number of rotatable bonds is 3. The second-order valence-electron chi connectivity index (χ2n) is 6.50. The maximum absolute atomic E-state index is 12.4. The van der Waals surface area contributed by atoms with Gasteiger partial charge < -0.3 is 10.0 Å². The number of aliphatic hydroxyl groups is 1. The van der Waals surface area contributed by atoms with Crippen molar-refractivity contribution in [3.63, 3.8) is 0 Å². The number of hydrogen-bond donors (Lipinski definition) is 2. The molecule has 2 aliphatic rings. The Labute approximate surface area is 131 Å². The van der Waals surface area contributed by atoms with E-state index in [1.165, 1.54) is 19.3 Å². The molecule has 1 aliphatic heterocycles. The molecule has 3 rings (SSSR count).